The Morgan fingerprint density at radius 1 is 0.300 bits per heavy atom. The maximum atomic E-state index is 14.0. The van der Waals surface area contributed by atoms with Crippen LogP contribution in [0.5, 0.6) is 0 Å². The Labute approximate surface area is 586 Å². The Balaban J connectivity index is 0.967. The molecule has 522 valence electrons. The molecule has 3 aliphatic rings. The van der Waals surface area contributed by atoms with Gasteiger partial charge in [-0.05, 0) is 50.1 Å². The van der Waals surface area contributed by atoms with Gasteiger partial charge in [0.1, 0.15) is 73.2 Å². The summed E-state index contributed by atoms with van der Waals surface area (Å²) in [4.78, 5) is 14.0. The highest BCUT2D eigenvalue weighted by Crippen LogP contribution is 2.39. The Morgan fingerprint density at radius 3 is 0.890 bits per heavy atom. The fourth-order valence-electron chi connectivity index (χ4n) is 12.7. The Morgan fingerprint density at radius 2 is 0.550 bits per heavy atom. The van der Waals surface area contributed by atoms with Crippen LogP contribution in [0.4, 0.5) is 0 Å². The molecule has 3 aliphatic heterocycles. The van der Waals surface area contributed by atoms with E-state index < -0.39 is 92.1 Å². The van der Waals surface area contributed by atoms with Crippen LogP contribution in [0.2, 0.25) is 0 Å². The molecule has 0 bridgehead atoms. The van der Waals surface area contributed by atoms with Crippen LogP contribution >= 0.6 is 0 Å². The highest BCUT2D eigenvalue weighted by Gasteiger charge is 2.57. The van der Waals surface area contributed by atoms with Gasteiger partial charge in [-0.25, -0.2) is 0 Å². The van der Waals surface area contributed by atoms with Crippen LogP contribution in [0, 0.1) is 0 Å². The minimum absolute atomic E-state index is 0.0294. The molecular formula is C83H89NO16. The van der Waals surface area contributed by atoms with Crippen LogP contribution in [0.25, 0.3) is 0 Å². The summed E-state index contributed by atoms with van der Waals surface area (Å²) in [5.74, 6) is -0.370. The minimum Gasteiger partial charge on any atom is -0.374 e. The van der Waals surface area contributed by atoms with E-state index in [2.05, 4.69) is 5.32 Å². The lowest BCUT2D eigenvalue weighted by Crippen LogP contribution is -2.69. The summed E-state index contributed by atoms with van der Waals surface area (Å²) in [6, 6.07) is 87.3. The monoisotopic (exact) mass is 1360 g/mol. The zero-order chi connectivity index (χ0) is 68.3. The molecule has 0 radical (unpaired) electrons. The quantitative estimate of drug-likeness (QED) is 0.0383. The van der Waals surface area contributed by atoms with Gasteiger partial charge in [0, 0.05) is 6.92 Å². The summed E-state index contributed by atoms with van der Waals surface area (Å²) in [7, 11) is 0. The van der Waals surface area contributed by atoms with E-state index >= 15 is 0 Å². The number of ether oxygens (including phenoxy) is 14. The van der Waals surface area contributed by atoms with E-state index in [-0.39, 0.29) is 85.2 Å². The number of carbonyl (C=O) groups is 1. The van der Waals surface area contributed by atoms with Gasteiger partial charge in [-0.3, -0.25) is 4.79 Å². The lowest BCUT2D eigenvalue weighted by molar-refractivity contribution is -0.386. The molecule has 0 saturated carbocycles. The van der Waals surface area contributed by atoms with Crippen LogP contribution in [0.3, 0.4) is 0 Å². The number of aliphatic hydroxyl groups is 1. The van der Waals surface area contributed by atoms with Gasteiger partial charge < -0.3 is 76.7 Å². The first-order valence-electron chi connectivity index (χ1n) is 34.3. The number of nitrogens with one attached hydrogen (secondary N) is 1. The third-order valence-corrected chi connectivity index (χ3v) is 17.7. The fourth-order valence-corrected chi connectivity index (χ4v) is 12.7. The predicted octanol–water partition coefficient (Wildman–Crippen LogP) is 12.6. The number of hydrogen-bond donors (Lipinski definition) is 2. The first-order valence-corrected chi connectivity index (χ1v) is 34.3. The van der Waals surface area contributed by atoms with Gasteiger partial charge in [0.25, 0.3) is 0 Å². The van der Waals surface area contributed by atoms with Crippen molar-refractivity contribution in [2.75, 3.05) is 19.8 Å². The molecule has 15 atom stereocenters. The standard InChI is InChI=1S/C83H89NO16/c1-59(85)84-72-76(91-51-64-37-19-6-20-38-64)73(90-50-63-35-17-5-18-36-63)69(56-87-47-60-29-11-2-12-30-60)97-82(72)99-75-71(58-89-49-62-33-15-4-16-34-62)98-83(80(95-55-68-45-27-10-28-46-68)78(75)93-53-66-41-23-8-24-42-66)100-74-70(57-88-48-61-31-13-3-14-32-61)96-81(86)79(94-54-67-43-25-9-26-44-67)77(74)92-52-65-39-21-7-22-40-65/h2-46,69-83,86H,47-58H2,1H3,(H,84,85)/t69-,70-,71-,72-,73-,74-,75-,76-,77+,78+,79+,80+,81+,82+,83-/m1/s1. The molecule has 17 nitrogen and oxygen atoms in total. The van der Waals surface area contributed by atoms with E-state index in [1.807, 2.05) is 273 Å². The average molecular weight is 1360 g/mol. The summed E-state index contributed by atoms with van der Waals surface area (Å²) in [6.45, 7) is 2.71. The van der Waals surface area contributed by atoms with E-state index in [0.717, 1.165) is 50.1 Å². The molecule has 1 amide bonds. The van der Waals surface area contributed by atoms with E-state index in [1.54, 1.807) is 0 Å². The van der Waals surface area contributed by atoms with Crippen molar-refractivity contribution >= 4 is 5.91 Å². The molecule has 9 aromatic carbocycles. The maximum Gasteiger partial charge on any atom is 0.217 e. The normalized spacial score (nSPS) is 25.2. The molecule has 0 spiro atoms. The molecular weight excluding hydrogens is 1270 g/mol. The van der Waals surface area contributed by atoms with Gasteiger partial charge in [-0.15, -0.1) is 0 Å². The number of carbonyl (C=O) groups excluding carboxylic acids is 1. The SMILES string of the molecule is CC(=O)N[C@H]1[C@H](O[C@H]2[C@H](OCc3ccccc3)[C@H](OCc3ccccc3)[C@@H](O[C@H]3[C@H](OCc4ccccc4)[C@H](OCc4ccccc4)[C@@H](O)O[C@@H]3COCc3ccccc3)O[C@@H]2COCc2ccccc2)O[C@H](COCc2ccccc2)[C@@H](OCc2ccccc2)[C@@H]1OCc1ccccc1. The van der Waals surface area contributed by atoms with Crippen molar-refractivity contribution in [2.45, 2.75) is 158 Å². The van der Waals surface area contributed by atoms with Crippen LogP contribution in [0.15, 0.2) is 273 Å². The molecule has 3 heterocycles. The lowest BCUT2D eigenvalue weighted by Gasteiger charge is -2.51. The smallest absolute Gasteiger partial charge is 0.217 e. The van der Waals surface area contributed by atoms with Crippen molar-refractivity contribution in [3.8, 4) is 0 Å². The van der Waals surface area contributed by atoms with Crippen molar-refractivity contribution in [2.24, 2.45) is 0 Å². The molecule has 100 heavy (non-hydrogen) atoms. The first kappa shape index (κ1) is 71.7. The third-order valence-electron chi connectivity index (χ3n) is 17.7. The van der Waals surface area contributed by atoms with E-state index in [9.17, 15) is 9.90 Å². The van der Waals surface area contributed by atoms with Crippen molar-refractivity contribution in [1.82, 2.24) is 5.32 Å². The number of benzene rings is 9. The van der Waals surface area contributed by atoms with Crippen LogP contribution < -0.4 is 5.32 Å². The second-order valence-electron chi connectivity index (χ2n) is 25.1. The van der Waals surface area contributed by atoms with Crippen molar-refractivity contribution < 1.29 is 76.2 Å². The summed E-state index contributed by atoms with van der Waals surface area (Å²) in [5, 5.41) is 15.5. The number of rotatable bonds is 35. The van der Waals surface area contributed by atoms with E-state index in [0.29, 0.717) is 0 Å². The summed E-state index contributed by atoms with van der Waals surface area (Å²) >= 11 is 0. The molecule has 0 aliphatic carbocycles. The highest BCUT2D eigenvalue weighted by atomic mass is 16.8. The van der Waals surface area contributed by atoms with Gasteiger partial charge in [0.15, 0.2) is 18.9 Å². The van der Waals surface area contributed by atoms with E-state index in [1.165, 1.54) is 6.92 Å². The molecule has 3 fully saturated rings. The average Bonchev–Trinajstić information content (AvgIpc) is 0.766. The van der Waals surface area contributed by atoms with Crippen molar-refractivity contribution in [1.29, 1.82) is 0 Å². The van der Waals surface area contributed by atoms with Gasteiger partial charge in [0.05, 0.1) is 79.3 Å². The van der Waals surface area contributed by atoms with Gasteiger partial charge in [-0.2, -0.15) is 0 Å². The van der Waals surface area contributed by atoms with Crippen LogP contribution in [-0.2, 0) is 131 Å². The van der Waals surface area contributed by atoms with Gasteiger partial charge in [0.2, 0.25) is 5.91 Å². The zero-order valence-corrected chi connectivity index (χ0v) is 56.2. The minimum atomic E-state index is -1.51. The van der Waals surface area contributed by atoms with Crippen molar-refractivity contribution in [3.63, 3.8) is 0 Å². The zero-order valence-electron chi connectivity index (χ0n) is 56.2. The number of hydrogen-bond acceptors (Lipinski definition) is 16. The maximum absolute atomic E-state index is 14.0. The number of aliphatic hydroxyl groups excluding tert-OH is 1. The fraction of sp³-hybridized carbons (Fsp3) is 0.337. The molecule has 2 N–H and O–H groups in total. The molecule has 0 unspecified atom stereocenters. The Hall–Kier alpha value is -8.15. The largest absolute Gasteiger partial charge is 0.374 e. The predicted molar refractivity (Wildman–Crippen MR) is 374 cm³/mol. The van der Waals surface area contributed by atoms with Crippen LogP contribution in [-0.4, -0.2) is 123 Å². The molecule has 3 saturated heterocycles. The molecule has 0 aromatic heterocycles. The molecule has 9 aromatic rings. The van der Waals surface area contributed by atoms with E-state index in [4.69, 9.17) is 66.3 Å². The summed E-state index contributed by atoms with van der Waals surface area (Å²) in [5.41, 5.74) is 8.07. The second-order valence-corrected chi connectivity index (χ2v) is 25.1. The lowest BCUT2D eigenvalue weighted by atomic mass is 9.94. The van der Waals surface area contributed by atoms with Crippen molar-refractivity contribution in [3.05, 3.63) is 323 Å². The Bertz CT molecular complexity index is 3730. The highest BCUT2D eigenvalue weighted by molar-refractivity contribution is 5.73. The summed E-state index contributed by atoms with van der Waals surface area (Å²) in [6.07, 6.45) is -15.5. The Kier molecular flexibility index (Phi) is 27.3. The number of amides is 1. The molecule has 12 rings (SSSR count). The second kappa shape index (κ2) is 38.0. The van der Waals surface area contributed by atoms with Gasteiger partial charge in [-0.1, -0.05) is 273 Å². The summed E-state index contributed by atoms with van der Waals surface area (Å²) < 4.78 is 99.4. The molecule has 17 heteroatoms. The first-order chi connectivity index (χ1) is 49.3. The third kappa shape index (κ3) is 21.0. The van der Waals surface area contributed by atoms with Gasteiger partial charge >= 0.3 is 0 Å². The van der Waals surface area contributed by atoms with Crippen LogP contribution in [0.1, 0.15) is 57.0 Å². The topological polar surface area (TPSA) is 179 Å².